The van der Waals surface area contributed by atoms with Gasteiger partial charge in [-0.05, 0) is 80.9 Å². The van der Waals surface area contributed by atoms with Crippen LogP contribution in [0, 0.1) is 11.8 Å². The van der Waals surface area contributed by atoms with Crippen molar-refractivity contribution in [2.24, 2.45) is 11.8 Å². The maximum absolute atomic E-state index is 12.5. The van der Waals surface area contributed by atoms with Crippen molar-refractivity contribution in [3.05, 3.63) is 35.9 Å². The number of aliphatic hydroxyl groups is 2. The summed E-state index contributed by atoms with van der Waals surface area (Å²) in [6.07, 6.45) is 14.0. The molecular weight excluding hydrogens is 622 g/mol. The smallest absolute Gasteiger partial charge is 0.311 e. The summed E-state index contributed by atoms with van der Waals surface area (Å²) >= 11 is 0. The molecule has 1 saturated carbocycles. The average molecular weight is 680 g/mol. The molecule has 0 bridgehead atoms. The Morgan fingerprint density at radius 2 is 1.56 bits per heavy atom. The molecule has 0 heterocycles. The fourth-order valence-corrected chi connectivity index (χ4v) is 6.02. The molecule has 4 atom stereocenters. The molecule has 1 aromatic carbocycles. The van der Waals surface area contributed by atoms with E-state index in [9.17, 15) is 24.6 Å². The molecular formula is C36H57NO11. The molecule has 1 aliphatic carbocycles. The second-order valence-corrected chi connectivity index (χ2v) is 12.5. The molecule has 4 N–H and O–H groups in total. The molecule has 2 rings (SSSR count). The summed E-state index contributed by atoms with van der Waals surface area (Å²) in [4.78, 5) is 41.2. The van der Waals surface area contributed by atoms with Gasteiger partial charge < -0.3 is 24.4 Å². The van der Waals surface area contributed by atoms with Gasteiger partial charge >= 0.3 is 11.9 Å². The molecule has 0 aromatic heterocycles. The van der Waals surface area contributed by atoms with E-state index in [2.05, 4.69) is 11.8 Å². The van der Waals surface area contributed by atoms with Crippen LogP contribution in [0.15, 0.2) is 30.4 Å². The summed E-state index contributed by atoms with van der Waals surface area (Å²) in [5.74, 6) is 0.0205. The molecule has 48 heavy (non-hydrogen) atoms. The number of carbonyl (C=O) groups is 3. The van der Waals surface area contributed by atoms with Gasteiger partial charge in [-0.25, -0.2) is 0 Å². The average Bonchev–Trinajstić information content (AvgIpc) is 3.32. The van der Waals surface area contributed by atoms with Crippen molar-refractivity contribution in [2.75, 3.05) is 20.3 Å². The lowest BCUT2D eigenvalue weighted by atomic mass is 9.86. The Balaban J connectivity index is 1.67. The van der Waals surface area contributed by atoms with Crippen molar-refractivity contribution < 1.29 is 54.1 Å². The Bertz CT molecular complexity index is 1110. The van der Waals surface area contributed by atoms with Crippen LogP contribution in [0.1, 0.15) is 115 Å². The van der Waals surface area contributed by atoms with E-state index in [4.69, 9.17) is 24.6 Å². The van der Waals surface area contributed by atoms with Crippen LogP contribution in [0.5, 0.6) is 11.5 Å². The van der Waals surface area contributed by atoms with Gasteiger partial charge in [-0.2, -0.15) is 0 Å². The summed E-state index contributed by atoms with van der Waals surface area (Å²) in [5, 5.41) is 37.6. The largest absolute Gasteiger partial charge is 0.493 e. The molecule has 0 aliphatic heterocycles. The number of benzene rings is 1. The molecule has 1 aliphatic rings. The first kappa shape index (κ1) is 41.3. The molecule has 0 spiro atoms. The summed E-state index contributed by atoms with van der Waals surface area (Å²) in [6.45, 7) is 2.41. The number of hydrogen-bond donors (Lipinski definition) is 4. The quantitative estimate of drug-likeness (QED) is 0.0294. The van der Waals surface area contributed by atoms with E-state index in [0.717, 1.165) is 18.4 Å². The number of carbonyl (C=O) groups excluding carboxylic acids is 3. The van der Waals surface area contributed by atoms with Crippen LogP contribution in [-0.2, 0) is 30.4 Å². The highest BCUT2D eigenvalue weighted by Gasteiger charge is 2.40. The van der Waals surface area contributed by atoms with E-state index < -0.39 is 12.2 Å². The molecule has 1 aromatic rings. The lowest BCUT2D eigenvalue weighted by Gasteiger charge is -2.22. The van der Waals surface area contributed by atoms with E-state index in [-0.39, 0.29) is 61.0 Å². The predicted octanol–water partition coefficient (Wildman–Crippen LogP) is 6.05. The van der Waals surface area contributed by atoms with E-state index in [1.54, 1.807) is 18.2 Å². The topological polar surface area (TPSA) is 172 Å². The minimum atomic E-state index is -0.592. The van der Waals surface area contributed by atoms with Crippen molar-refractivity contribution in [2.45, 2.75) is 128 Å². The molecule has 0 radical (unpaired) electrons. The van der Waals surface area contributed by atoms with Crippen LogP contribution in [-0.4, -0.2) is 76.3 Å². The number of allylic oxidation sites excluding steroid dienone is 2. The van der Waals surface area contributed by atoms with Crippen LogP contribution in [0.4, 0.5) is 0 Å². The third-order valence-corrected chi connectivity index (χ3v) is 8.75. The van der Waals surface area contributed by atoms with Crippen molar-refractivity contribution >= 4 is 17.7 Å². The lowest BCUT2D eigenvalue weighted by Crippen LogP contribution is -2.22. The van der Waals surface area contributed by atoms with Crippen LogP contribution in [0.3, 0.4) is 0 Å². The van der Waals surface area contributed by atoms with Gasteiger partial charge in [-0.15, -0.1) is 0 Å². The van der Waals surface area contributed by atoms with Crippen molar-refractivity contribution in [1.29, 1.82) is 0 Å². The Morgan fingerprint density at radius 1 is 0.833 bits per heavy atom. The Morgan fingerprint density at radius 3 is 2.31 bits per heavy atom. The number of Topliss-reactive ketones (excluding diaryl/α,β-unsaturated/α-hetero) is 1. The SMILES string of the molecule is CCCCCCCC(=O)CC[C@@H]1[C@@H](C/C=C\CCCC(=O)Oc2ccc(CCOC(=O)CCCCON(O)O)cc2OC)[C@@H](O)C[C@H]1O. The van der Waals surface area contributed by atoms with Gasteiger partial charge in [-0.1, -0.05) is 50.8 Å². The zero-order valence-electron chi connectivity index (χ0n) is 28.7. The number of ketones is 1. The Hall–Kier alpha value is -2.87. The maximum Gasteiger partial charge on any atom is 0.311 e. The zero-order valence-corrected chi connectivity index (χ0v) is 28.7. The third-order valence-electron chi connectivity index (χ3n) is 8.75. The lowest BCUT2D eigenvalue weighted by molar-refractivity contribution is -0.492. The minimum Gasteiger partial charge on any atom is -0.493 e. The minimum absolute atomic E-state index is 0.0675. The number of hydrogen-bond acceptors (Lipinski definition) is 12. The first-order valence-electron chi connectivity index (χ1n) is 17.5. The van der Waals surface area contributed by atoms with E-state index in [1.165, 1.54) is 26.4 Å². The van der Waals surface area contributed by atoms with Crippen molar-refractivity contribution in [3.63, 3.8) is 0 Å². The molecule has 0 unspecified atom stereocenters. The zero-order chi connectivity index (χ0) is 35.1. The van der Waals surface area contributed by atoms with Gasteiger partial charge in [-0.3, -0.25) is 29.6 Å². The highest BCUT2D eigenvalue weighted by atomic mass is 17.1. The first-order valence-corrected chi connectivity index (χ1v) is 17.5. The molecule has 1 fully saturated rings. The fourth-order valence-electron chi connectivity index (χ4n) is 6.02. The van der Waals surface area contributed by atoms with Gasteiger partial charge in [0.2, 0.25) is 0 Å². The van der Waals surface area contributed by atoms with Crippen molar-refractivity contribution in [1.82, 2.24) is 5.39 Å². The number of ether oxygens (including phenoxy) is 3. The van der Waals surface area contributed by atoms with Crippen LogP contribution < -0.4 is 9.47 Å². The van der Waals surface area contributed by atoms with Gasteiger partial charge in [0.25, 0.3) is 0 Å². The van der Waals surface area contributed by atoms with E-state index in [0.29, 0.717) is 75.7 Å². The fraction of sp³-hybridized carbons (Fsp3) is 0.694. The maximum atomic E-state index is 12.5. The summed E-state index contributed by atoms with van der Waals surface area (Å²) in [5.41, 5.74) is 0.843. The van der Waals surface area contributed by atoms with Crippen LogP contribution >= 0.6 is 0 Å². The summed E-state index contributed by atoms with van der Waals surface area (Å²) in [6, 6.07) is 5.16. The second kappa shape index (κ2) is 24.3. The Labute approximate surface area is 284 Å². The van der Waals surface area contributed by atoms with Gasteiger partial charge in [0.05, 0.1) is 37.9 Å². The second-order valence-electron chi connectivity index (χ2n) is 12.5. The van der Waals surface area contributed by atoms with E-state index in [1.807, 2.05) is 12.2 Å². The number of esters is 2. The molecule has 12 nitrogen and oxygen atoms in total. The summed E-state index contributed by atoms with van der Waals surface area (Å²) < 4.78 is 16.2. The Kier molecular flexibility index (Phi) is 20.9. The van der Waals surface area contributed by atoms with E-state index >= 15 is 0 Å². The van der Waals surface area contributed by atoms with Crippen LogP contribution in [0.25, 0.3) is 0 Å². The molecule has 12 heteroatoms. The highest BCUT2D eigenvalue weighted by Crippen LogP contribution is 2.38. The first-order chi connectivity index (χ1) is 23.1. The predicted molar refractivity (Wildman–Crippen MR) is 177 cm³/mol. The summed E-state index contributed by atoms with van der Waals surface area (Å²) in [7, 11) is 1.48. The number of aliphatic hydroxyl groups excluding tert-OH is 2. The number of unbranched alkanes of at least 4 members (excludes halogenated alkanes) is 6. The normalized spacial score (nSPS) is 19.2. The molecule has 272 valence electrons. The number of methoxy groups -OCH3 is 1. The van der Waals surface area contributed by atoms with Gasteiger partial charge in [0, 0.05) is 32.1 Å². The van der Waals surface area contributed by atoms with Crippen LogP contribution in [0.2, 0.25) is 0 Å². The van der Waals surface area contributed by atoms with Gasteiger partial charge in [0.15, 0.2) is 11.5 Å². The highest BCUT2D eigenvalue weighted by molar-refractivity contribution is 5.78. The third kappa shape index (κ3) is 17.0. The monoisotopic (exact) mass is 679 g/mol. The number of nitrogens with zero attached hydrogens (tertiary/aromatic N) is 1. The van der Waals surface area contributed by atoms with Crippen molar-refractivity contribution in [3.8, 4) is 11.5 Å². The number of rotatable bonds is 26. The standard InChI is InChI=1S/C36H57NO11/c1-3-4-5-6-9-14-28(38)19-20-30-29(31(39)26-32(30)40)15-10-7-8-11-17-36(42)48-33-21-18-27(25-34(33)45-2)22-24-46-35(41)16-12-13-23-47-37(43)44/h7,10,18,21,25,29-32,39-40,43-44H,3-6,8-9,11-17,19-20,22-24,26H2,1-2H3/b10-7-/t29-,30-,31+,32-/m1/s1. The van der Waals surface area contributed by atoms with Gasteiger partial charge in [0.1, 0.15) is 5.78 Å². The molecule has 0 saturated heterocycles. The molecule has 0 amide bonds.